The standard InChI is InChI=1S/C16H26N2O/c1-19-16-8-3-2-6-14(16)9-12-17-13-10-15-7-4-5-11-18-15/h2-3,6,8,15,17-18H,4-5,7,9-13H2,1H3. The maximum absolute atomic E-state index is 5.36. The zero-order chi connectivity index (χ0) is 13.3. The summed E-state index contributed by atoms with van der Waals surface area (Å²) in [6.45, 7) is 3.33. The number of benzene rings is 1. The molecule has 3 heteroatoms. The van der Waals surface area contributed by atoms with Crippen molar-refractivity contribution in [1.29, 1.82) is 0 Å². The van der Waals surface area contributed by atoms with Crippen LogP contribution in [0.25, 0.3) is 0 Å². The molecular weight excluding hydrogens is 236 g/mol. The molecule has 3 nitrogen and oxygen atoms in total. The van der Waals surface area contributed by atoms with Gasteiger partial charge < -0.3 is 15.4 Å². The van der Waals surface area contributed by atoms with Crippen molar-refractivity contribution in [3.8, 4) is 5.75 Å². The number of methoxy groups -OCH3 is 1. The average Bonchev–Trinajstić information content (AvgIpc) is 2.48. The van der Waals surface area contributed by atoms with E-state index in [1.807, 2.05) is 12.1 Å². The molecule has 19 heavy (non-hydrogen) atoms. The van der Waals surface area contributed by atoms with Crippen LogP contribution in [0, 0.1) is 0 Å². The SMILES string of the molecule is COc1ccccc1CCNCCC1CCCCN1. The van der Waals surface area contributed by atoms with E-state index >= 15 is 0 Å². The van der Waals surface area contributed by atoms with Crippen LogP contribution in [0.1, 0.15) is 31.2 Å². The molecule has 1 fully saturated rings. The van der Waals surface area contributed by atoms with Crippen molar-refractivity contribution < 1.29 is 4.74 Å². The number of hydrogen-bond donors (Lipinski definition) is 2. The van der Waals surface area contributed by atoms with E-state index in [1.54, 1.807) is 7.11 Å². The number of hydrogen-bond acceptors (Lipinski definition) is 3. The molecule has 1 saturated heterocycles. The molecule has 0 aliphatic carbocycles. The van der Waals surface area contributed by atoms with E-state index in [0.717, 1.165) is 31.3 Å². The molecule has 1 atom stereocenters. The van der Waals surface area contributed by atoms with Crippen LogP contribution in [0.5, 0.6) is 5.75 Å². The third-order valence-electron chi connectivity index (χ3n) is 3.85. The zero-order valence-corrected chi connectivity index (χ0v) is 12.0. The lowest BCUT2D eigenvalue weighted by molar-refractivity contribution is 0.376. The highest BCUT2D eigenvalue weighted by Gasteiger charge is 2.11. The van der Waals surface area contributed by atoms with Crippen LogP contribution in [0.3, 0.4) is 0 Å². The fourth-order valence-corrected chi connectivity index (χ4v) is 2.70. The van der Waals surface area contributed by atoms with Gasteiger partial charge in [-0.2, -0.15) is 0 Å². The molecule has 1 unspecified atom stereocenters. The van der Waals surface area contributed by atoms with Gasteiger partial charge in [-0.1, -0.05) is 24.6 Å². The first-order valence-electron chi connectivity index (χ1n) is 7.46. The summed E-state index contributed by atoms with van der Waals surface area (Å²) in [5.74, 6) is 0.998. The van der Waals surface area contributed by atoms with E-state index in [2.05, 4.69) is 22.8 Å². The van der Waals surface area contributed by atoms with Crippen LogP contribution >= 0.6 is 0 Å². The van der Waals surface area contributed by atoms with Crippen molar-refractivity contribution in [3.05, 3.63) is 29.8 Å². The molecule has 106 valence electrons. The predicted molar refractivity (Wildman–Crippen MR) is 79.8 cm³/mol. The minimum Gasteiger partial charge on any atom is -0.496 e. The molecule has 1 aliphatic heterocycles. The van der Waals surface area contributed by atoms with Crippen LogP contribution in [-0.4, -0.2) is 32.8 Å². The minimum absolute atomic E-state index is 0.729. The van der Waals surface area contributed by atoms with Gasteiger partial charge in [0.15, 0.2) is 0 Å². The molecule has 0 radical (unpaired) electrons. The summed E-state index contributed by atoms with van der Waals surface area (Å²) in [6, 6.07) is 8.99. The molecule has 0 aromatic heterocycles. The Labute approximate surface area is 116 Å². The summed E-state index contributed by atoms with van der Waals surface area (Å²) in [6.07, 6.45) is 6.35. The van der Waals surface area contributed by atoms with Crippen LogP contribution in [0.2, 0.25) is 0 Å². The highest BCUT2D eigenvalue weighted by molar-refractivity contribution is 5.33. The van der Waals surface area contributed by atoms with Crippen molar-refractivity contribution in [1.82, 2.24) is 10.6 Å². The Balaban J connectivity index is 1.61. The van der Waals surface area contributed by atoms with Gasteiger partial charge in [0.2, 0.25) is 0 Å². The van der Waals surface area contributed by atoms with Crippen molar-refractivity contribution in [2.45, 2.75) is 38.1 Å². The van der Waals surface area contributed by atoms with Gasteiger partial charge in [0.25, 0.3) is 0 Å². The van der Waals surface area contributed by atoms with E-state index < -0.39 is 0 Å². The first-order chi connectivity index (χ1) is 9.40. The largest absolute Gasteiger partial charge is 0.496 e. The van der Waals surface area contributed by atoms with Gasteiger partial charge in [-0.15, -0.1) is 0 Å². The van der Waals surface area contributed by atoms with E-state index in [-0.39, 0.29) is 0 Å². The number of rotatable bonds is 7. The van der Waals surface area contributed by atoms with E-state index in [0.29, 0.717) is 0 Å². The summed E-state index contributed by atoms with van der Waals surface area (Å²) >= 11 is 0. The molecule has 0 spiro atoms. The first-order valence-corrected chi connectivity index (χ1v) is 7.46. The Morgan fingerprint density at radius 3 is 2.95 bits per heavy atom. The Morgan fingerprint density at radius 1 is 1.26 bits per heavy atom. The molecule has 1 aliphatic rings. The fraction of sp³-hybridized carbons (Fsp3) is 0.625. The summed E-state index contributed by atoms with van der Waals surface area (Å²) in [7, 11) is 1.74. The van der Waals surface area contributed by atoms with Gasteiger partial charge in [-0.3, -0.25) is 0 Å². The summed E-state index contributed by atoms with van der Waals surface area (Å²) in [4.78, 5) is 0. The van der Waals surface area contributed by atoms with Gasteiger partial charge in [0, 0.05) is 6.04 Å². The van der Waals surface area contributed by atoms with Crippen molar-refractivity contribution >= 4 is 0 Å². The smallest absolute Gasteiger partial charge is 0.122 e. The molecule has 1 aromatic carbocycles. The first kappa shape index (κ1) is 14.4. The highest BCUT2D eigenvalue weighted by atomic mass is 16.5. The molecule has 0 amide bonds. The third kappa shape index (κ3) is 4.84. The van der Waals surface area contributed by atoms with E-state index in [4.69, 9.17) is 4.74 Å². The minimum atomic E-state index is 0.729. The van der Waals surface area contributed by atoms with Crippen LogP contribution in [-0.2, 0) is 6.42 Å². The second-order valence-electron chi connectivity index (χ2n) is 5.25. The molecule has 2 rings (SSSR count). The topological polar surface area (TPSA) is 33.3 Å². The lowest BCUT2D eigenvalue weighted by Crippen LogP contribution is -2.36. The summed E-state index contributed by atoms with van der Waals surface area (Å²) < 4.78 is 5.36. The van der Waals surface area contributed by atoms with Gasteiger partial charge in [-0.25, -0.2) is 0 Å². The number of piperidine rings is 1. The Hall–Kier alpha value is -1.06. The van der Waals surface area contributed by atoms with Crippen molar-refractivity contribution in [2.24, 2.45) is 0 Å². The molecule has 1 heterocycles. The number of para-hydroxylation sites is 1. The Kier molecular flexibility index (Phi) is 6.18. The zero-order valence-electron chi connectivity index (χ0n) is 12.0. The Bertz CT molecular complexity index is 362. The molecule has 2 N–H and O–H groups in total. The lowest BCUT2D eigenvalue weighted by atomic mass is 10.0. The maximum atomic E-state index is 5.36. The summed E-state index contributed by atoms with van der Waals surface area (Å²) in [5.41, 5.74) is 1.29. The predicted octanol–water partition coefficient (Wildman–Crippen LogP) is 2.36. The van der Waals surface area contributed by atoms with Gasteiger partial charge >= 0.3 is 0 Å². The van der Waals surface area contributed by atoms with E-state index in [1.165, 1.54) is 37.8 Å². The second kappa shape index (κ2) is 8.18. The monoisotopic (exact) mass is 262 g/mol. The van der Waals surface area contributed by atoms with Crippen LogP contribution < -0.4 is 15.4 Å². The molecule has 0 saturated carbocycles. The normalized spacial score (nSPS) is 19.3. The highest BCUT2D eigenvalue weighted by Crippen LogP contribution is 2.17. The molecule has 0 bridgehead atoms. The van der Waals surface area contributed by atoms with Crippen molar-refractivity contribution in [2.75, 3.05) is 26.7 Å². The average molecular weight is 262 g/mol. The van der Waals surface area contributed by atoms with Gasteiger partial charge in [-0.05, 0) is 56.9 Å². The van der Waals surface area contributed by atoms with Crippen molar-refractivity contribution in [3.63, 3.8) is 0 Å². The quantitative estimate of drug-likeness (QED) is 0.740. The third-order valence-corrected chi connectivity index (χ3v) is 3.85. The lowest BCUT2D eigenvalue weighted by Gasteiger charge is -2.23. The fourth-order valence-electron chi connectivity index (χ4n) is 2.70. The molecule has 1 aromatic rings. The van der Waals surface area contributed by atoms with Crippen LogP contribution in [0.4, 0.5) is 0 Å². The number of nitrogens with one attached hydrogen (secondary N) is 2. The summed E-state index contributed by atoms with van der Waals surface area (Å²) in [5, 5.41) is 7.12. The number of ether oxygens (including phenoxy) is 1. The maximum Gasteiger partial charge on any atom is 0.122 e. The van der Waals surface area contributed by atoms with Crippen LogP contribution in [0.15, 0.2) is 24.3 Å². The van der Waals surface area contributed by atoms with Gasteiger partial charge in [0.05, 0.1) is 7.11 Å². The molecular formula is C16H26N2O. The van der Waals surface area contributed by atoms with Gasteiger partial charge in [0.1, 0.15) is 5.75 Å². The Morgan fingerprint density at radius 2 is 2.16 bits per heavy atom. The van der Waals surface area contributed by atoms with E-state index in [9.17, 15) is 0 Å². The second-order valence-corrected chi connectivity index (χ2v) is 5.25.